The van der Waals surface area contributed by atoms with Gasteiger partial charge in [0.05, 0.1) is 53.3 Å². The van der Waals surface area contributed by atoms with E-state index in [-0.39, 0.29) is 11.9 Å². The topological polar surface area (TPSA) is 71.5 Å². The summed E-state index contributed by atoms with van der Waals surface area (Å²) in [5, 5.41) is 12.1. The van der Waals surface area contributed by atoms with E-state index in [1.807, 2.05) is 6.07 Å². The van der Waals surface area contributed by atoms with Crippen molar-refractivity contribution in [3.8, 4) is 10.8 Å². The van der Waals surface area contributed by atoms with Crippen LogP contribution >= 0.6 is 38.9 Å². The van der Waals surface area contributed by atoms with Gasteiger partial charge in [-0.1, -0.05) is 29.0 Å². The van der Waals surface area contributed by atoms with Crippen LogP contribution in [0.4, 0.5) is 0 Å². The van der Waals surface area contributed by atoms with Crippen LogP contribution in [0.5, 0.6) is 10.8 Å². The Balaban J connectivity index is 1.46. The van der Waals surface area contributed by atoms with Crippen molar-refractivity contribution < 1.29 is 24.1 Å². The van der Waals surface area contributed by atoms with Gasteiger partial charge in [-0.25, -0.2) is 0 Å². The van der Waals surface area contributed by atoms with Gasteiger partial charge in [-0.3, -0.25) is 9.69 Å². The summed E-state index contributed by atoms with van der Waals surface area (Å²) in [5.41, 5.74) is 0.424. The number of benzene rings is 1. The van der Waals surface area contributed by atoms with Crippen LogP contribution in [0.25, 0.3) is 0 Å². The van der Waals surface area contributed by atoms with Crippen LogP contribution in [-0.2, 0) is 10.5 Å². The van der Waals surface area contributed by atoms with E-state index in [1.54, 1.807) is 30.2 Å². The number of hydrogen-bond donors (Lipinski definition) is 1. The molecule has 7 nitrogen and oxygen atoms in total. The molecule has 1 N–H and O–H groups in total. The van der Waals surface area contributed by atoms with Gasteiger partial charge in [0.1, 0.15) is 5.75 Å². The molecule has 162 valence electrons. The number of carbonyl (C=O) groups is 1. The number of halogens is 2. The maximum atomic E-state index is 13.0. The quantitative estimate of drug-likeness (QED) is 0.672. The van der Waals surface area contributed by atoms with Gasteiger partial charge in [0.25, 0.3) is 5.91 Å². The summed E-state index contributed by atoms with van der Waals surface area (Å²) in [6.07, 6.45) is 0. The predicted octanol–water partition coefficient (Wildman–Crippen LogP) is 3.18. The minimum atomic E-state index is -1.40. The summed E-state index contributed by atoms with van der Waals surface area (Å²) in [6, 6.07) is 7.01. The smallest absolute Gasteiger partial charge is 0.255 e. The zero-order chi connectivity index (χ0) is 21.5. The fourth-order valence-corrected chi connectivity index (χ4v) is 5.80. The van der Waals surface area contributed by atoms with Crippen LogP contribution in [0.1, 0.15) is 15.2 Å². The normalized spacial score (nSPS) is 24.4. The molecule has 2 aliphatic heterocycles. The van der Waals surface area contributed by atoms with Crippen molar-refractivity contribution in [3.63, 3.8) is 0 Å². The highest BCUT2D eigenvalue weighted by Gasteiger charge is 2.44. The van der Waals surface area contributed by atoms with E-state index in [4.69, 9.17) is 25.8 Å². The van der Waals surface area contributed by atoms with Gasteiger partial charge in [-0.05, 0) is 34.1 Å². The number of aliphatic hydroxyl groups is 1. The van der Waals surface area contributed by atoms with Crippen molar-refractivity contribution in [1.82, 2.24) is 9.80 Å². The molecule has 4 rings (SSSR count). The first-order valence-electron chi connectivity index (χ1n) is 9.42. The Morgan fingerprint density at radius 2 is 2.17 bits per heavy atom. The minimum Gasteiger partial charge on any atom is -0.495 e. The number of thiophene rings is 1. The van der Waals surface area contributed by atoms with Crippen LogP contribution in [0.15, 0.2) is 28.7 Å². The molecule has 0 unspecified atom stereocenters. The molecule has 0 bridgehead atoms. The Hall–Kier alpha value is -1.36. The third-order valence-corrected chi connectivity index (χ3v) is 7.93. The lowest BCUT2D eigenvalue weighted by Gasteiger charge is -2.48. The number of rotatable bonds is 4. The third-order valence-electron chi connectivity index (χ3n) is 5.46. The van der Waals surface area contributed by atoms with Gasteiger partial charge in [0.2, 0.25) is 5.79 Å². The molecular formula is C20H22BrClN2O5S. The van der Waals surface area contributed by atoms with Crippen molar-refractivity contribution in [3.05, 3.63) is 44.2 Å². The second-order valence-corrected chi connectivity index (χ2v) is 9.49. The van der Waals surface area contributed by atoms with E-state index in [0.717, 1.165) is 4.47 Å². The predicted molar refractivity (Wildman–Crippen MR) is 118 cm³/mol. The van der Waals surface area contributed by atoms with E-state index < -0.39 is 5.79 Å². The molecule has 0 aliphatic carbocycles. The van der Waals surface area contributed by atoms with E-state index in [0.29, 0.717) is 59.1 Å². The van der Waals surface area contributed by atoms with Gasteiger partial charge in [-0.15, -0.1) is 0 Å². The summed E-state index contributed by atoms with van der Waals surface area (Å²) >= 11 is 11.1. The van der Waals surface area contributed by atoms with Crippen molar-refractivity contribution in [1.29, 1.82) is 0 Å². The zero-order valence-corrected chi connectivity index (χ0v) is 19.7. The highest BCUT2D eigenvalue weighted by Crippen LogP contribution is 2.42. The number of methoxy groups -OCH3 is 2. The zero-order valence-electron chi connectivity index (χ0n) is 16.6. The van der Waals surface area contributed by atoms with E-state index >= 15 is 0 Å². The third kappa shape index (κ3) is 3.94. The number of fused-ring (bicyclic) bond motifs is 1. The van der Waals surface area contributed by atoms with Crippen molar-refractivity contribution >= 4 is 44.8 Å². The van der Waals surface area contributed by atoms with Gasteiger partial charge >= 0.3 is 0 Å². The van der Waals surface area contributed by atoms with E-state index in [9.17, 15) is 9.90 Å². The maximum absolute atomic E-state index is 13.0. The van der Waals surface area contributed by atoms with Crippen LogP contribution < -0.4 is 9.47 Å². The van der Waals surface area contributed by atoms with Crippen molar-refractivity contribution in [2.45, 2.75) is 11.8 Å². The molecule has 2 atom stereocenters. The fourth-order valence-electron chi connectivity index (χ4n) is 3.84. The van der Waals surface area contributed by atoms with Gasteiger partial charge in [0.15, 0.2) is 5.06 Å². The van der Waals surface area contributed by atoms with E-state index in [1.165, 1.54) is 18.4 Å². The molecule has 0 saturated carbocycles. The standard InChI is InChI=1S/C20H22BrClN2O5S/c1-27-15-5-3-4-13(17(15)22)18(25)23-6-7-24-11-20(26,29-10-12(24)9-23)16-8-14(21)19(28-2)30-16/h3-5,8,12,26H,6-7,9-11H2,1-2H3/t12-,20-/m0/s1. The Labute approximate surface area is 192 Å². The lowest BCUT2D eigenvalue weighted by atomic mass is 10.1. The minimum absolute atomic E-state index is 0.00217. The van der Waals surface area contributed by atoms with E-state index in [2.05, 4.69) is 20.8 Å². The second kappa shape index (κ2) is 8.64. The molecule has 1 aromatic carbocycles. The molecule has 2 aliphatic rings. The molecule has 0 spiro atoms. The monoisotopic (exact) mass is 516 g/mol. The molecular weight excluding hydrogens is 496 g/mol. The summed E-state index contributed by atoms with van der Waals surface area (Å²) in [4.78, 5) is 17.7. The van der Waals surface area contributed by atoms with Crippen molar-refractivity contribution in [2.75, 3.05) is 47.0 Å². The number of piperazine rings is 1. The van der Waals surface area contributed by atoms with Crippen molar-refractivity contribution in [2.24, 2.45) is 0 Å². The molecule has 1 amide bonds. The number of ether oxygens (including phenoxy) is 3. The summed E-state index contributed by atoms with van der Waals surface area (Å²) in [6.45, 7) is 2.31. The average Bonchev–Trinajstić information content (AvgIpc) is 3.14. The Kier molecular flexibility index (Phi) is 6.30. The molecule has 0 radical (unpaired) electrons. The number of hydrogen-bond acceptors (Lipinski definition) is 7. The first-order chi connectivity index (χ1) is 14.4. The average molecular weight is 518 g/mol. The molecule has 10 heteroatoms. The van der Waals surface area contributed by atoms with Crippen LogP contribution in [0.2, 0.25) is 5.02 Å². The highest BCUT2D eigenvalue weighted by molar-refractivity contribution is 9.10. The van der Waals surface area contributed by atoms with Crippen LogP contribution in [-0.4, -0.2) is 73.9 Å². The summed E-state index contributed by atoms with van der Waals surface area (Å²) in [7, 11) is 3.11. The molecule has 2 aromatic rings. The van der Waals surface area contributed by atoms with Gasteiger partial charge in [-0.2, -0.15) is 0 Å². The molecule has 3 heterocycles. The van der Waals surface area contributed by atoms with Gasteiger partial charge < -0.3 is 24.2 Å². The number of morpholine rings is 1. The first-order valence-corrected chi connectivity index (χ1v) is 11.4. The Morgan fingerprint density at radius 1 is 1.37 bits per heavy atom. The lowest BCUT2D eigenvalue weighted by Crippen LogP contribution is -2.63. The second-order valence-electron chi connectivity index (χ2n) is 7.24. The highest BCUT2D eigenvalue weighted by atomic mass is 79.9. The first kappa shape index (κ1) is 21.9. The largest absolute Gasteiger partial charge is 0.495 e. The molecule has 2 fully saturated rings. The Bertz CT molecular complexity index is 957. The Morgan fingerprint density at radius 3 is 2.87 bits per heavy atom. The molecule has 2 saturated heterocycles. The number of amides is 1. The van der Waals surface area contributed by atoms with Crippen LogP contribution in [0.3, 0.4) is 0 Å². The summed E-state index contributed by atoms with van der Waals surface area (Å²) in [5.74, 6) is -1.06. The van der Waals surface area contributed by atoms with Gasteiger partial charge in [0, 0.05) is 19.6 Å². The van der Waals surface area contributed by atoms with Crippen LogP contribution in [0, 0.1) is 0 Å². The number of nitrogens with zero attached hydrogens (tertiary/aromatic N) is 2. The SMILES string of the molecule is COc1cccc(C(=O)N2CCN3C[C@@](O)(c4cc(Br)c(OC)s4)OC[C@@H]3C2)c1Cl. The lowest BCUT2D eigenvalue weighted by molar-refractivity contribution is -0.263. The summed E-state index contributed by atoms with van der Waals surface area (Å²) < 4.78 is 17.2. The molecule has 30 heavy (non-hydrogen) atoms. The fraction of sp³-hybridized carbons (Fsp3) is 0.450. The molecule has 1 aromatic heterocycles. The maximum Gasteiger partial charge on any atom is 0.255 e. The number of carbonyl (C=O) groups excluding carboxylic acids is 1.